The van der Waals surface area contributed by atoms with Gasteiger partial charge in [0, 0.05) is 24.8 Å². The molecule has 158 valence electrons. The minimum absolute atomic E-state index is 0.0592. The van der Waals surface area contributed by atoms with Crippen molar-refractivity contribution in [1.29, 1.82) is 0 Å². The van der Waals surface area contributed by atoms with E-state index < -0.39 is 5.72 Å². The van der Waals surface area contributed by atoms with Gasteiger partial charge in [-0.05, 0) is 58.1 Å². The zero-order valence-corrected chi connectivity index (χ0v) is 17.7. The fourth-order valence-electron chi connectivity index (χ4n) is 5.68. The molecule has 4 atom stereocenters. The number of anilines is 1. The van der Waals surface area contributed by atoms with Gasteiger partial charge in [-0.15, -0.1) is 0 Å². The van der Waals surface area contributed by atoms with Crippen molar-refractivity contribution in [1.82, 2.24) is 15.1 Å². The second kappa shape index (κ2) is 6.86. The van der Waals surface area contributed by atoms with Crippen LogP contribution < -0.4 is 15.4 Å². The lowest BCUT2D eigenvalue weighted by Gasteiger charge is -2.55. The van der Waals surface area contributed by atoms with Gasteiger partial charge in [-0.25, -0.2) is 0 Å². The Hall–Kier alpha value is -2.83. The Kier molecular flexibility index (Phi) is 4.38. The summed E-state index contributed by atoms with van der Waals surface area (Å²) >= 11 is 0. The Labute approximate surface area is 176 Å². The molecule has 4 unspecified atom stereocenters. The molecule has 1 aromatic carbocycles. The molecule has 1 aromatic heterocycles. The van der Waals surface area contributed by atoms with Crippen molar-refractivity contribution in [2.45, 2.75) is 58.7 Å². The lowest BCUT2D eigenvalue weighted by molar-refractivity contribution is -0.142. The first-order chi connectivity index (χ1) is 14.4. The molecular weight excluding hydrogens is 380 g/mol. The number of aromatic nitrogens is 2. The average Bonchev–Trinajstić information content (AvgIpc) is 3.01. The van der Waals surface area contributed by atoms with Crippen molar-refractivity contribution in [2.75, 3.05) is 5.32 Å². The maximum absolute atomic E-state index is 13.2. The van der Waals surface area contributed by atoms with E-state index in [0.29, 0.717) is 17.7 Å². The molecule has 2 amide bonds. The first-order valence-corrected chi connectivity index (χ1v) is 10.9. The van der Waals surface area contributed by atoms with Crippen molar-refractivity contribution in [2.24, 2.45) is 17.8 Å². The van der Waals surface area contributed by atoms with Crippen molar-refractivity contribution in [3.63, 3.8) is 0 Å². The third kappa shape index (κ3) is 2.82. The topological polar surface area (TPSA) is 85.3 Å². The number of fused-ring (bicyclic) bond motifs is 3. The molecule has 2 N–H and O–H groups in total. The van der Waals surface area contributed by atoms with Gasteiger partial charge < -0.3 is 15.4 Å². The van der Waals surface area contributed by atoms with E-state index in [2.05, 4.69) is 15.7 Å². The highest BCUT2D eigenvalue weighted by atomic mass is 16.5. The zero-order valence-electron chi connectivity index (χ0n) is 17.7. The zero-order chi connectivity index (χ0) is 21.0. The van der Waals surface area contributed by atoms with Gasteiger partial charge in [0.25, 0.3) is 5.91 Å². The third-order valence-corrected chi connectivity index (χ3v) is 7.23. The fourth-order valence-corrected chi connectivity index (χ4v) is 5.68. The average molecular weight is 409 g/mol. The fraction of sp³-hybridized carbons (Fsp3) is 0.522. The maximum atomic E-state index is 13.2. The summed E-state index contributed by atoms with van der Waals surface area (Å²) in [7, 11) is 0. The van der Waals surface area contributed by atoms with Gasteiger partial charge in [-0.1, -0.05) is 12.1 Å². The normalized spacial score (nSPS) is 29.3. The van der Waals surface area contributed by atoms with E-state index in [1.54, 1.807) is 6.07 Å². The second-order valence-electron chi connectivity index (χ2n) is 8.87. The van der Waals surface area contributed by atoms with Crippen molar-refractivity contribution in [3.05, 3.63) is 41.2 Å². The number of para-hydroxylation sites is 1. The predicted octanol–water partition coefficient (Wildman–Crippen LogP) is 3.41. The van der Waals surface area contributed by atoms with Gasteiger partial charge in [-0.2, -0.15) is 5.10 Å². The minimum Gasteiger partial charge on any atom is -0.467 e. The number of hydrogen-bond donors (Lipinski definition) is 2. The van der Waals surface area contributed by atoms with Gasteiger partial charge in [-0.3, -0.25) is 14.3 Å². The minimum atomic E-state index is -0.690. The van der Waals surface area contributed by atoms with Crippen LogP contribution >= 0.6 is 0 Å². The van der Waals surface area contributed by atoms with Gasteiger partial charge in [0.05, 0.1) is 22.6 Å². The molecule has 1 aliphatic heterocycles. The Morgan fingerprint density at radius 1 is 1.33 bits per heavy atom. The lowest BCUT2D eigenvalue weighted by Crippen LogP contribution is -2.66. The van der Waals surface area contributed by atoms with Crippen LogP contribution in [-0.2, 0) is 11.3 Å². The highest BCUT2D eigenvalue weighted by Gasteiger charge is 2.57. The number of nitrogens with zero attached hydrogens (tertiary/aromatic N) is 2. The number of carbonyl (C=O) groups is 2. The summed E-state index contributed by atoms with van der Waals surface area (Å²) in [5.41, 5.74) is 2.55. The van der Waals surface area contributed by atoms with Crippen LogP contribution in [-0.4, -0.2) is 27.3 Å². The summed E-state index contributed by atoms with van der Waals surface area (Å²) < 4.78 is 8.30. The molecule has 4 aliphatic rings. The van der Waals surface area contributed by atoms with E-state index in [4.69, 9.17) is 4.74 Å². The molecule has 2 aromatic rings. The van der Waals surface area contributed by atoms with E-state index in [1.165, 1.54) is 0 Å². The predicted molar refractivity (Wildman–Crippen MR) is 112 cm³/mol. The van der Waals surface area contributed by atoms with Crippen molar-refractivity contribution >= 4 is 17.5 Å². The van der Waals surface area contributed by atoms with E-state index in [1.807, 2.05) is 43.7 Å². The molecule has 2 bridgehead atoms. The van der Waals surface area contributed by atoms with E-state index >= 15 is 0 Å². The SMILES string of the molecule is CCn1nc(C)c(NC(=O)C2CC3CCC2CC32NC(=O)c3ccccc3O2)c1C. The number of rotatable bonds is 3. The third-order valence-electron chi connectivity index (χ3n) is 7.23. The van der Waals surface area contributed by atoms with Crippen LogP contribution in [0.5, 0.6) is 5.75 Å². The number of ether oxygens (including phenoxy) is 1. The molecule has 1 spiro atoms. The Bertz CT molecular complexity index is 1030. The summed E-state index contributed by atoms with van der Waals surface area (Å²) in [5, 5.41) is 10.8. The molecular formula is C23H28N4O3. The summed E-state index contributed by atoms with van der Waals surface area (Å²) in [5.74, 6) is 0.856. The van der Waals surface area contributed by atoms with Crippen LogP contribution in [0.3, 0.4) is 0 Å². The Morgan fingerprint density at radius 2 is 2.13 bits per heavy atom. The Balaban J connectivity index is 1.36. The summed E-state index contributed by atoms with van der Waals surface area (Å²) in [4.78, 5) is 25.9. The second-order valence-corrected chi connectivity index (χ2v) is 8.87. The van der Waals surface area contributed by atoms with Crippen LogP contribution in [0.2, 0.25) is 0 Å². The van der Waals surface area contributed by atoms with E-state index in [0.717, 1.165) is 42.9 Å². The molecule has 0 radical (unpaired) electrons. The molecule has 0 saturated heterocycles. The van der Waals surface area contributed by atoms with E-state index in [-0.39, 0.29) is 29.6 Å². The van der Waals surface area contributed by atoms with Crippen LogP contribution in [0.15, 0.2) is 24.3 Å². The highest BCUT2D eigenvalue weighted by molar-refractivity contribution is 5.98. The molecule has 6 rings (SSSR count). The van der Waals surface area contributed by atoms with Crippen LogP contribution in [0.4, 0.5) is 5.69 Å². The Morgan fingerprint density at radius 3 is 2.83 bits per heavy atom. The molecule has 2 heterocycles. The molecule has 3 fully saturated rings. The lowest BCUT2D eigenvalue weighted by atomic mass is 9.60. The van der Waals surface area contributed by atoms with Gasteiger partial charge in [0.2, 0.25) is 5.91 Å². The number of amides is 2. The molecule has 7 nitrogen and oxygen atoms in total. The molecule has 3 saturated carbocycles. The van der Waals surface area contributed by atoms with Gasteiger partial charge in [0.15, 0.2) is 5.72 Å². The molecule has 30 heavy (non-hydrogen) atoms. The number of hydrogen-bond acceptors (Lipinski definition) is 4. The summed E-state index contributed by atoms with van der Waals surface area (Å²) in [6.07, 6.45) is 3.33. The maximum Gasteiger partial charge on any atom is 0.258 e. The quantitative estimate of drug-likeness (QED) is 0.815. The number of benzene rings is 1. The smallest absolute Gasteiger partial charge is 0.258 e. The summed E-state index contributed by atoms with van der Waals surface area (Å²) in [6, 6.07) is 7.39. The van der Waals surface area contributed by atoms with E-state index in [9.17, 15) is 9.59 Å². The summed E-state index contributed by atoms with van der Waals surface area (Å²) in [6.45, 7) is 6.74. The standard InChI is InChI=1S/C23H28N4O3/c1-4-27-14(3)20(13(2)26-27)24-21(28)18-11-16-10-9-15(18)12-23(16)25-22(29)17-7-5-6-8-19(17)30-23/h5-8,15-16,18H,4,9-12H2,1-3H3,(H,24,28)(H,25,29). The van der Waals surface area contributed by atoms with Gasteiger partial charge in [0.1, 0.15) is 5.75 Å². The number of aryl methyl sites for hydroxylation is 2. The first kappa shape index (κ1) is 19.2. The van der Waals surface area contributed by atoms with Crippen molar-refractivity contribution < 1.29 is 14.3 Å². The van der Waals surface area contributed by atoms with Crippen LogP contribution in [0, 0.1) is 31.6 Å². The number of carbonyl (C=O) groups excluding carboxylic acids is 2. The number of nitrogens with one attached hydrogen (secondary N) is 2. The van der Waals surface area contributed by atoms with Crippen LogP contribution in [0.25, 0.3) is 0 Å². The molecule has 3 aliphatic carbocycles. The largest absolute Gasteiger partial charge is 0.467 e. The van der Waals surface area contributed by atoms with Crippen LogP contribution in [0.1, 0.15) is 54.4 Å². The first-order valence-electron chi connectivity index (χ1n) is 10.9. The molecule has 7 heteroatoms. The van der Waals surface area contributed by atoms with Crippen molar-refractivity contribution in [3.8, 4) is 5.75 Å². The van der Waals surface area contributed by atoms with Gasteiger partial charge >= 0.3 is 0 Å². The monoisotopic (exact) mass is 408 g/mol. The highest BCUT2D eigenvalue weighted by Crippen LogP contribution is 2.52.